The van der Waals surface area contributed by atoms with Gasteiger partial charge in [-0.05, 0) is 55.2 Å². The first-order chi connectivity index (χ1) is 14.8. The lowest BCUT2D eigenvalue weighted by Gasteiger charge is -2.31. The standard InChI is InChI=1S/C24H27Cl2FN2O2/c1-16(24(31)28-21-5-3-2-4-6-21)29(15-18-9-10-19(25)14-22(18)26)23(30)13-17-7-11-20(27)12-8-17/h7-12,14,16,21H,2-6,13,15H2,1H3,(H,28,31)/t16-/m1/s1. The molecule has 1 saturated carbocycles. The molecule has 1 atom stereocenters. The van der Waals surface area contributed by atoms with Crippen molar-refractivity contribution in [3.63, 3.8) is 0 Å². The average molecular weight is 465 g/mol. The second-order valence-corrected chi connectivity index (χ2v) is 8.92. The van der Waals surface area contributed by atoms with Crippen LogP contribution in [0.3, 0.4) is 0 Å². The maximum atomic E-state index is 13.2. The van der Waals surface area contributed by atoms with E-state index < -0.39 is 6.04 Å². The number of hydrogen-bond donors (Lipinski definition) is 1. The first kappa shape index (κ1) is 23.6. The SMILES string of the molecule is C[C@H](C(=O)NC1CCCCC1)N(Cc1ccc(Cl)cc1Cl)C(=O)Cc1ccc(F)cc1. The van der Waals surface area contributed by atoms with Crippen LogP contribution in [0, 0.1) is 5.82 Å². The van der Waals surface area contributed by atoms with Gasteiger partial charge in [-0.25, -0.2) is 4.39 Å². The fourth-order valence-corrected chi connectivity index (χ4v) is 4.33. The van der Waals surface area contributed by atoms with Crippen molar-refractivity contribution >= 4 is 35.0 Å². The summed E-state index contributed by atoms with van der Waals surface area (Å²) < 4.78 is 13.2. The van der Waals surface area contributed by atoms with Gasteiger partial charge < -0.3 is 10.2 Å². The molecular formula is C24H27Cl2FN2O2. The Kier molecular flexibility index (Phi) is 8.33. The van der Waals surface area contributed by atoms with Gasteiger partial charge >= 0.3 is 0 Å². The fraction of sp³-hybridized carbons (Fsp3) is 0.417. The Balaban J connectivity index is 1.78. The number of benzene rings is 2. The third-order valence-electron chi connectivity index (χ3n) is 5.74. The second kappa shape index (κ2) is 11.0. The lowest BCUT2D eigenvalue weighted by Crippen LogP contribution is -2.50. The highest BCUT2D eigenvalue weighted by Gasteiger charge is 2.28. The molecule has 0 radical (unpaired) electrons. The van der Waals surface area contributed by atoms with Crippen LogP contribution in [0.25, 0.3) is 0 Å². The lowest BCUT2D eigenvalue weighted by atomic mass is 9.95. The summed E-state index contributed by atoms with van der Waals surface area (Å²) in [6.45, 7) is 1.90. The Morgan fingerprint density at radius 2 is 1.77 bits per heavy atom. The average Bonchev–Trinajstić information content (AvgIpc) is 2.75. The van der Waals surface area contributed by atoms with Gasteiger partial charge in [0.05, 0.1) is 6.42 Å². The van der Waals surface area contributed by atoms with E-state index in [1.807, 2.05) is 0 Å². The van der Waals surface area contributed by atoms with Crippen LogP contribution in [-0.4, -0.2) is 28.8 Å². The molecule has 0 spiro atoms. The monoisotopic (exact) mass is 464 g/mol. The topological polar surface area (TPSA) is 49.4 Å². The highest BCUT2D eigenvalue weighted by molar-refractivity contribution is 6.35. The third kappa shape index (κ3) is 6.68. The molecule has 166 valence electrons. The number of rotatable bonds is 7. The van der Waals surface area contributed by atoms with Crippen LogP contribution < -0.4 is 5.32 Å². The molecule has 0 saturated heterocycles. The molecule has 31 heavy (non-hydrogen) atoms. The summed E-state index contributed by atoms with van der Waals surface area (Å²) in [7, 11) is 0. The summed E-state index contributed by atoms with van der Waals surface area (Å²) in [6.07, 6.45) is 5.39. The summed E-state index contributed by atoms with van der Waals surface area (Å²) in [5, 5.41) is 4.04. The van der Waals surface area contributed by atoms with Gasteiger partial charge in [0.2, 0.25) is 11.8 Å². The molecular weight excluding hydrogens is 438 g/mol. The zero-order chi connectivity index (χ0) is 22.4. The summed E-state index contributed by atoms with van der Waals surface area (Å²) in [6, 6.07) is 10.4. The van der Waals surface area contributed by atoms with Gasteiger partial charge in [0.1, 0.15) is 11.9 Å². The highest BCUT2D eigenvalue weighted by atomic mass is 35.5. The van der Waals surface area contributed by atoms with Crippen molar-refractivity contribution in [2.45, 2.75) is 64.1 Å². The van der Waals surface area contributed by atoms with Crippen molar-refractivity contribution in [2.75, 3.05) is 0 Å². The molecule has 2 aromatic carbocycles. The van der Waals surface area contributed by atoms with E-state index >= 15 is 0 Å². The summed E-state index contributed by atoms with van der Waals surface area (Å²) in [4.78, 5) is 27.7. The van der Waals surface area contributed by atoms with Crippen LogP contribution in [0.2, 0.25) is 10.0 Å². The second-order valence-electron chi connectivity index (χ2n) is 8.08. The minimum atomic E-state index is -0.679. The van der Waals surface area contributed by atoms with Crippen molar-refractivity contribution in [2.24, 2.45) is 0 Å². The molecule has 0 bridgehead atoms. The number of carbonyl (C=O) groups is 2. The molecule has 0 aromatic heterocycles. The van der Waals surface area contributed by atoms with Crippen molar-refractivity contribution in [1.82, 2.24) is 10.2 Å². The van der Waals surface area contributed by atoms with Gasteiger partial charge in [-0.15, -0.1) is 0 Å². The molecule has 4 nitrogen and oxygen atoms in total. The Labute approximate surface area is 192 Å². The Morgan fingerprint density at radius 1 is 1.10 bits per heavy atom. The van der Waals surface area contributed by atoms with Crippen molar-refractivity contribution in [1.29, 1.82) is 0 Å². The number of carbonyl (C=O) groups excluding carboxylic acids is 2. The zero-order valence-corrected chi connectivity index (χ0v) is 19.1. The van der Waals surface area contributed by atoms with E-state index in [1.165, 1.54) is 23.5 Å². The first-order valence-corrected chi connectivity index (χ1v) is 11.4. The molecule has 0 heterocycles. The van der Waals surface area contributed by atoms with E-state index in [-0.39, 0.29) is 36.6 Å². The molecule has 2 amide bonds. The van der Waals surface area contributed by atoms with Crippen LogP contribution in [0.4, 0.5) is 4.39 Å². The lowest BCUT2D eigenvalue weighted by molar-refractivity contribution is -0.140. The Morgan fingerprint density at radius 3 is 2.42 bits per heavy atom. The van der Waals surface area contributed by atoms with Crippen LogP contribution in [0.1, 0.15) is 50.2 Å². The predicted molar refractivity (Wildman–Crippen MR) is 122 cm³/mol. The van der Waals surface area contributed by atoms with E-state index in [0.717, 1.165) is 25.7 Å². The fourth-order valence-electron chi connectivity index (χ4n) is 3.86. The number of halogens is 3. The molecule has 1 aliphatic rings. The maximum Gasteiger partial charge on any atom is 0.242 e. The van der Waals surface area contributed by atoms with E-state index in [9.17, 15) is 14.0 Å². The summed E-state index contributed by atoms with van der Waals surface area (Å²) in [5.41, 5.74) is 1.38. The van der Waals surface area contributed by atoms with Gasteiger partial charge in [-0.2, -0.15) is 0 Å². The molecule has 3 rings (SSSR count). The van der Waals surface area contributed by atoms with Crippen LogP contribution >= 0.6 is 23.2 Å². The molecule has 0 unspecified atom stereocenters. The summed E-state index contributed by atoms with van der Waals surface area (Å²) >= 11 is 12.3. The van der Waals surface area contributed by atoms with Crippen LogP contribution in [0.5, 0.6) is 0 Å². The molecule has 1 N–H and O–H groups in total. The maximum absolute atomic E-state index is 13.2. The van der Waals surface area contributed by atoms with Crippen LogP contribution in [0.15, 0.2) is 42.5 Å². The zero-order valence-electron chi connectivity index (χ0n) is 17.5. The Bertz CT molecular complexity index is 914. The number of nitrogens with one attached hydrogen (secondary N) is 1. The minimum absolute atomic E-state index is 0.0620. The number of nitrogens with zero attached hydrogens (tertiary/aromatic N) is 1. The van der Waals surface area contributed by atoms with Gasteiger partial charge in [-0.1, -0.05) is 60.7 Å². The van der Waals surface area contributed by atoms with E-state index in [2.05, 4.69) is 5.32 Å². The molecule has 7 heteroatoms. The largest absolute Gasteiger partial charge is 0.352 e. The van der Waals surface area contributed by atoms with Crippen molar-refractivity contribution < 1.29 is 14.0 Å². The minimum Gasteiger partial charge on any atom is -0.352 e. The summed E-state index contributed by atoms with van der Waals surface area (Å²) in [5.74, 6) is -0.769. The number of hydrogen-bond acceptors (Lipinski definition) is 2. The molecule has 0 aliphatic heterocycles. The quantitative estimate of drug-likeness (QED) is 0.584. The molecule has 1 fully saturated rings. The van der Waals surface area contributed by atoms with Crippen LogP contribution in [-0.2, 0) is 22.6 Å². The normalized spacial score (nSPS) is 15.4. The van der Waals surface area contributed by atoms with Gasteiger partial charge in [0.25, 0.3) is 0 Å². The van der Waals surface area contributed by atoms with E-state index in [4.69, 9.17) is 23.2 Å². The van der Waals surface area contributed by atoms with E-state index in [0.29, 0.717) is 21.2 Å². The van der Waals surface area contributed by atoms with Gasteiger partial charge in [0.15, 0.2) is 0 Å². The van der Waals surface area contributed by atoms with E-state index in [1.54, 1.807) is 37.3 Å². The molecule has 1 aliphatic carbocycles. The molecule has 2 aromatic rings. The van der Waals surface area contributed by atoms with Crippen molar-refractivity contribution in [3.8, 4) is 0 Å². The Hall–Kier alpha value is -2.11. The van der Waals surface area contributed by atoms with Gasteiger partial charge in [0, 0.05) is 22.6 Å². The smallest absolute Gasteiger partial charge is 0.242 e. The third-order valence-corrected chi connectivity index (χ3v) is 6.33. The van der Waals surface area contributed by atoms with Gasteiger partial charge in [-0.3, -0.25) is 9.59 Å². The highest BCUT2D eigenvalue weighted by Crippen LogP contribution is 2.24. The van der Waals surface area contributed by atoms with Crippen molar-refractivity contribution in [3.05, 3.63) is 69.5 Å². The predicted octanol–water partition coefficient (Wildman–Crippen LogP) is 5.54. The number of amides is 2. The first-order valence-electron chi connectivity index (χ1n) is 10.6.